The van der Waals surface area contributed by atoms with Crippen molar-refractivity contribution in [3.05, 3.63) is 59.7 Å². The molecule has 0 fully saturated rings. The fourth-order valence-electron chi connectivity index (χ4n) is 2.09. The molecule has 0 bridgehead atoms. The van der Waals surface area contributed by atoms with Crippen molar-refractivity contribution in [3.8, 4) is 0 Å². The third-order valence-electron chi connectivity index (χ3n) is 3.46. The lowest BCUT2D eigenvalue weighted by molar-refractivity contribution is -0.137. The second-order valence-electron chi connectivity index (χ2n) is 5.44. The van der Waals surface area contributed by atoms with Crippen molar-refractivity contribution in [2.24, 2.45) is 0 Å². The second kappa shape index (κ2) is 8.40. The SMILES string of the molecule is CNS(=O)(=O)c1cccc(C(=O)OCC(=O)Nc2cccc(C(F)(F)F)c2)c1. The van der Waals surface area contributed by atoms with Gasteiger partial charge in [-0.2, -0.15) is 13.2 Å². The summed E-state index contributed by atoms with van der Waals surface area (Å²) in [7, 11) is -2.56. The quantitative estimate of drug-likeness (QED) is 0.705. The highest BCUT2D eigenvalue weighted by Gasteiger charge is 2.30. The molecule has 0 aliphatic carbocycles. The van der Waals surface area contributed by atoms with Crippen molar-refractivity contribution in [2.45, 2.75) is 11.1 Å². The van der Waals surface area contributed by atoms with Gasteiger partial charge in [0.15, 0.2) is 6.61 Å². The van der Waals surface area contributed by atoms with Gasteiger partial charge in [-0.3, -0.25) is 4.79 Å². The van der Waals surface area contributed by atoms with E-state index < -0.39 is 40.2 Å². The van der Waals surface area contributed by atoms with Crippen LogP contribution in [0.3, 0.4) is 0 Å². The van der Waals surface area contributed by atoms with Crippen LogP contribution in [0.15, 0.2) is 53.4 Å². The topological polar surface area (TPSA) is 102 Å². The van der Waals surface area contributed by atoms with Crippen molar-refractivity contribution >= 4 is 27.6 Å². The molecule has 7 nitrogen and oxygen atoms in total. The zero-order valence-corrected chi connectivity index (χ0v) is 15.2. The van der Waals surface area contributed by atoms with Gasteiger partial charge in [0.1, 0.15) is 0 Å². The average molecular weight is 416 g/mol. The summed E-state index contributed by atoms with van der Waals surface area (Å²) in [6.07, 6.45) is -4.56. The van der Waals surface area contributed by atoms with Crippen LogP contribution in [0.4, 0.5) is 18.9 Å². The lowest BCUT2D eigenvalue weighted by Gasteiger charge is -2.10. The van der Waals surface area contributed by atoms with Crippen molar-refractivity contribution in [3.63, 3.8) is 0 Å². The minimum atomic E-state index is -4.56. The number of hydrogen-bond donors (Lipinski definition) is 2. The summed E-state index contributed by atoms with van der Waals surface area (Å²) in [6.45, 7) is -0.766. The number of benzene rings is 2. The summed E-state index contributed by atoms with van der Waals surface area (Å²) in [5, 5.41) is 2.18. The number of hydrogen-bond acceptors (Lipinski definition) is 5. The van der Waals surface area contributed by atoms with Gasteiger partial charge in [-0.25, -0.2) is 17.9 Å². The number of sulfonamides is 1. The Morgan fingerprint density at radius 3 is 2.39 bits per heavy atom. The van der Waals surface area contributed by atoms with Crippen LogP contribution in [0.1, 0.15) is 15.9 Å². The van der Waals surface area contributed by atoms with Gasteiger partial charge in [-0.15, -0.1) is 0 Å². The molecule has 0 saturated carbocycles. The average Bonchev–Trinajstić information content (AvgIpc) is 2.65. The van der Waals surface area contributed by atoms with E-state index in [1.165, 1.54) is 31.3 Å². The first kappa shape index (κ1) is 21.4. The monoisotopic (exact) mass is 416 g/mol. The maximum atomic E-state index is 12.7. The van der Waals surface area contributed by atoms with Gasteiger partial charge < -0.3 is 10.1 Å². The summed E-state index contributed by atoms with van der Waals surface area (Å²) in [5.41, 5.74) is -1.16. The normalized spacial score (nSPS) is 11.7. The van der Waals surface area contributed by atoms with E-state index in [1.807, 2.05) is 0 Å². The molecule has 0 aromatic heterocycles. The molecular weight excluding hydrogens is 401 g/mol. The maximum absolute atomic E-state index is 12.7. The summed E-state index contributed by atoms with van der Waals surface area (Å²) in [6, 6.07) is 8.92. The molecular formula is C17H15F3N2O5S. The smallest absolute Gasteiger partial charge is 0.416 e. The highest BCUT2D eigenvalue weighted by molar-refractivity contribution is 7.89. The fraction of sp³-hybridized carbons (Fsp3) is 0.176. The molecule has 2 aromatic rings. The number of alkyl halides is 3. The van der Waals surface area contributed by atoms with Crippen molar-refractivity contribution < 1.29 is 35.9 Å². The molecule has 150 valence electrons. The molecule has 2 aromatic carbocycles. The Labute approximate surface area is 158 Å². The van der Waals surface area contributed by atoms with E-state index in [0.29, 0.717) is 0 Å². The fourth-order valence-corrected chi connectivity index (χ4v) is 2.87. The van der Waals surface area contributed by atoms with Crippen LogP contribution in [-0.4, -0.2) is 33.9 Å². The minimum Gasteiger partial charge on any atom is -0.452 e. The number of esters is 1. The molecule has 0 aliphatic rings. The molecule has 0 spiro atoms. The molecule has 0 radical (unpaired) electrons. The number of halogens is 3. The first-order chi connectivity index (χ1) is 13.0. The third-order valence-corrected chi connectivity index (χ3v) is 4.87. The van der Waals surface area contributed by atoms with Crippen LogP contribution in [0.25, 0.3) is 0 Å². The Morgan fingerprint density at radius 1 is 1.07 bits per heavy atom. The Morgan fingerprint density at radius 2 is 1.75 bits per heavy atom. The van der Waals surface area contributed by atoms with Crippen molar-refractivity contribution in [1.82, 2.24) is 4.72 Å². The largest absolute Gasteiger partial charge is 0.452 e. The van der Waals surface area contributed by atoms with Crippen LogP contribution in [0, 0.1) is 0 Å². The third kappa shape index (κ3) is 5.54. The van der Waals surface area contributed by atoms with Gasteiger partial charge >= 0.3 is 12.1 Å². The summed E-state index contributed by atoms with van der Waals surface area (Å²) in [5.74, 6) is -1.82. The van der Waals surface area contributed by atoms with Gasteiger partial charge in [0.25, 0.3) is 5.91 Å². The highest BCUT2D eigenvalue weighted by Crippen LogP contribution is 2.30. The molecule has 28 heavy (non-hydrogen) atoms. The predicted octanol–water partition coefficient (Wildman–Crippen LogP) is 2.41. The molecule has 0 unspecified atom stereocenters. The zero-order valence-electron chi connectivity index (χ0n) is 14.4. The molecule has 0 aliphatic heterocycles. The van der Waals surface area contributed by atoms with Crippen molar-refractivity contribution in [1.29, 1.82) is 0 Å². The van der Waals surface area contributed by atoms with E-state index in [9.17, 15) is 31.2 Å². The van der Waals surface area contributed by atoms with Crippen LogP contribution in [0.5, 0.6) is 0 Å². The van der Waals surface area contributed by atoms with Crippen molar-refractivity contribution in [2.75, 3.05) is 19.0 Å². The Balaban J connectivity index is 2.00. The standard InChI is InChI=1S/C17H15F3N2O5S/c1-21-28(25,26)14-7-2-4-11(8-14)16(24)27-10-15(23)22-13-6-3-5-12(9-13)17(18,19)20/h2-9,21H,10H2,1H3,(H,22,23). The molecule has 11 heteroatoms. The van der Waals surface area contributed by atoms with E-state index in [1.54, 1.807) is 0 Å². The van der Waals surface area contributed by atoms with E-state index >= 15 is 0 Å². The van der Waals surface area contributed by atoms with E-state index in [-0.39, 0.29) is 16.1 Å². The maximum Gasteiger partial charge on any atom is 0.416 e. The Kier molecular flexibility index (Phi) is 6.41. The summed E-state index contributed by atoms with van der Waals surface area (Å²) < 4.78 is 68.3. The number of amides is 1. The molecule has 2 rings (SSSR count). The van der Waals surface area contributed by atoms with Gasteiger partial charge in [-0.1, -0.05) is 12.1 Å². The Hall–Kier alpha value is -2.92. The molecule has 2 N–H and O–H groups in total. The van der Waals surface area contributed by atoms with Crippen LogP contribution < -0.4 is 10.0 Å². The molecule has 0 heterocycles. The minimum absolute atomic E-state index is 0.108. The number of carbonyl (C=O) groups is 2. The molecule has 0 saturated heterocycles. The Bertz CT molecular complexity index is 990. The highest BCUT2D eigenvalue weighted by atomic mass is 32.2. The number of rotatable bonds is 6. The molecule has 0 atom stereocenters. The van der Waals surface area contributed by atoms with E-state index in [2.05, 4.69) is 10.0 Å². The van der Waals surface area contributed by atoms with Gasteiger partial charge in [-0.05, 0) is 43.4 Å². The summed E-state index contributed by atoms with van der Waals surface area (Å²) in [4.78, 5) is 23.6. The molecule has 1 amide bonds. The number of nitrogens with one attached hydrogen (secondary N) is 2. The summed E-state index contributed by atoms with van der Waals surface area (Å²) >= 11 is 0. The number of ether oxygens (including phenoxy) is 1. The van der Waals surface area contributed by atoms with Crippen LogP contribution >= 0.6 is 0 Å². The van der Waals surface area contributed by atoms with Gasteiger partial charge in [0.05, 0.1) is 16.0 Å². The second-order valence-corrected chi connectivity index (χ2v) is 7.32. The lowest BCUT2D eigenvalue weighted by Crippen LogP contribution is -2.22. The van der Waals surface area contributed by atoms with Crippen LogP contribution in [0.2, 0.25) is 0 Å². The van der Waals surface area contributed by atoms with Crippen LogP contribution in [-0.2, 0) is 25.7 Å². The lowest BCUT2D eigenvalue weighted by atomic mass is 10.2. The first-order valence-corrected chi connectivity index (χ1v) is 9.19. The number of anilines is 1. The first-order valence-electron chi connectivity index (χ1n) is 7.71. The van der Waals surface area contributed by atoms with E-state index in [4.69, 9.17) is 4.74 Å². The van der Waals surface area contributed by atoms with Gasteiger partial charge in [0.2, 0.25) is 10.0 Å². The number of carbonyl (C=O) groups excluding carboxylic acids is 2. The van der Waals surface area contributed by atoms with E-state index in [0.717, 1.165) is 24.3 Å². The zero-order chi connectivity index (χ0) is 20.9. The van der Waals surface area contributed by atoms with Gasteiger partial charge in [0, 0.05) is 5.69 Å². The predicted molar refractivity (Wildman–Crippen MR) is 93.0 cm³/mol.